The fourth-order valence-electron chi connectivity index (χ4n) is 6.09. The lowest BCUT2D eigenvalue weighted by molar-refractivity contribution is -0.121. The van der Waals surface area contributed by atoms with Crippen molar-refractivity contribution in [3.05, 3.63) is 104 Å². The number of carboxylic acids is 2. The van der Waals surface area contributed by atoms with Gasteiger partial charge in [0.25, 0.3) is 34.3 Å². The molecule has 0 radical (unpaired) electrons. The summed E-state index contributed by atoms with van der Waals surface area (Å²) in [7, 11) is 0. The Balaban J connectivity index is 1.14. The first-order valence-corrected chi connectivity index (χ1v) is 20.3. The summed E-state index contributed by atoms with van der Waals surface area (Å²) in [5.41, 5.74) is -0.910. The van der Waals surface area contributed by atoms with Gasteiger partial charge in [-0.1, -0.05) is 82.4 Å². The maximum absolute atomic E-state index is 13.7. The average molecular weight is 907 g/mol. The van der Waals surface area contributed by atoms with Crippen molar-refractivity contribution in [2.45, 2.75) is 52.4 Å². The topological polar surface area (TPSA) is 304 Å². The Hall–Kier alpha value is -8.12. The lowest BCUT2D eigenvalue weighted by Gasteiger charge is -2.16. The number of carbonyl (C=O) groups is 4. The summed E-state index contributed by atoms with van der Waals surface area (Å²) in [6.45, 7) is 11.3. The Morgan fingerprint density at radius 3 is 1.39 bits per heavy atom. The van der Waals surface area contributed by atoms with Gasteiger partial charge in [-0.05, 0) is 30.3 Å². The van der Waals surface area contributed by atoms with E-state index in [1.807, 2.05) is 41.5 Å². The second kappa shape index (κ2) is 17.3. The number of aromatic amines is 2. The van der Waals surface area contributed by atoms with E-state index < -0.39 is 33.9 Å². The van der Waals surface area contributed by atoms with E-state index in [0.29, 0.717) is 32.5 Å². The van der Waals surface area contributed by atoms with Crippen LogP contribution in [0.4, 0.5) is 21.6 Å². The van der Waals surface area contributed by atoms with Crippen LogP contribution in [0.1, 0.15) is 73.6 Å². The number of rotatable bonds is 14. The van der Waals surface area contributed by atoms with Crippen LogP contribution in [0.15, 0.2) is 90.7 Å². The van der Waals surface area contributed by atoms with Gasteiger partial charge in [0, 0.05) is 34.1 Å². The predicted octanol–water partition coefficient (Wildman–Crippen LogP) is 7.57. The van der Waals surface area contributed by atoms with Gasteiger partial charge in [-0.25, -0.2) is 19.0 Å². The molecule has 0 amide bonds. The molecule has 0 saturated carbocycles. The van der Waals surface area contributed by atoms with Crippen molar-refractivity contribution >= 4 is 69.2 Å². The van der Waals surface area contributed by atoms with E-state index in [4.69, 9.17) is 9.47 Å². The monoisotopic (exact) mass is 906 g/mol. The standard InChI is InChI=1S/C40H34N12O10S2/c1-39(2,3)29-27(33(55)51(49-29)23-11-21(35(57)58)13-25(15-23)61-17-53)41-45-37-47-43-31(63-37)19-8-7-9-20(10-19)32-44-48-38(64-32)46-42-28-30(40(4,5)6)50-52(34(28)56)24-12-22(36(59)60)14-26(16-24)62-18-54/h7-18,49-50H,1-6H3,(H,57,58)(H,59,60). The maximum atomic E-state index is 13.7. The van der Waals surface area contributed by atoms with Gasteiger partial charge < -0.3 is 19.7 Å². The molecular weight excluding hydrogens is 873 g/mol. The maximum Gasteiger partial charge on any atom is 0.335 e. The van der Waals surface area contributed by atoms with E-state index in [2.05, 4.69) is 51.0 Å². The third-order valence-corrected chi connectivity index (χ3v) is 10.8. The van der Waals surface area contributed by atoms with Crippen LogP contribution < -0.4 is 20.6 Å². The number of aromatic nitrogens is 8. The minimum absolute atomic E-state index is 0.0591. The number of ether oxygens (including phenoxy) is 2. The molecule has 0 spiro atoms. The first-order valence-electron chi connectivity index (χ1n) is 18.6. The number of hydrogen-bond donors (Lipinski definition) is 4. The Morgan fingerprint density at radius 2 is 1.03 bits per heavy atom. The quantitative estimate of drug-likeness (QED) is 0.0604. The Bertz CT molecular complexity index is 2950. The van der Waals surface area contributed by atoms with Gasteiger partial charge in [0.05, 0.1) is 33.9 Å². The zero-order valence-electron chi connectivity index (χ0n) is 34.4. The van der Waals surface area contributed by atoms with E-state index in [0.717, 1.165) is 44.2 Å². The van der Waals surface area contributed by atoms with Gasteiger partial charge in [0.15, 0.2) is 11.4 Å². The van der Waals surface area contributed by atoms with Crippen LogP contribution in [-0.4, -0.2) is 75.1 Å². The molecule has 0 aliphatic heterocycles. The van der Waals surface area contributed by atoms with Crippen molar-refractivity contribution in [1.29, 1.82) is 0 Å². The van der Waals surface area contributed by atoms with Gasteiger partial charge in [-0.15, -0.1) is 40.9 Å². The lowest BCUT2D eigenvalue weighted by Crippen LogP contribution is -2.15. The Morgan fingerprint density at radius 1 is 0.625 bits per heavy atom. The largest absolute Gasteiger partial charge is 0.478 e. The third kappa shape index (κ3) is 9.21. The highest BCUT2D eigenvalue weighted by molar-refractivity contribution is 7.18. The molecule has 3 aromatic carbocycles. The molecule has 0 bridgehead atoms. The van der Waals surface area contributed by atoms with Gasteiger partial charge >= 0.3 is 11.9 Å². The SMILES string of the molecule is CC(C)(C)c1[nH]n(-c2cc(OC=O)cc(C(=O)O)c2)c(=O)c1N=Nc1nnc(-c2cccc(-c3nnc(N=Nc4c(C(C)(C)C)[nH]n(-c5cc(OC=O)cc(C(=O)O)c5)c4=O)s3)c2)s1. The fraction of sp³-hybridized carbons (Fsp3) is 0.200. The molecule has 0 unspecified atom stereocenters. The highest BCUT2D eigenvalue weighted by Crippen LogP contribution is 2.36. The summed E-state index contributed by atoms with van der Waals surface area (Å²) >= 11 is 2.19. The van der Waals surface area contributed by atoms with Crippen molar-refractivity contribution < 1.29 is 38.9 Å². The lowest BCUT2D eigenvalue weighted by atomic mass is 9.91. The van der Waals surface area contributed by atoms with Gasteiger partial charge in [-0.2, -0.15) is 0 Å². The van der Waals surface area contributed by atoms with E-state index in [9.17, 15) is 39.0 Å². The highest BCUT2D eigenvalue weighted by atomic mass is 32.1. The number of nitrogens with one attached hydrogen (secondary N) is 2. The number of carbonyl (C=O) groups excluding carboxylic acids is 2. The molecule has 7 aromatic rings. The van der Waals surface area contributed by atoms with Crippen molar-refractivity contribution in [2.24, 2.45) is 20.5 Å². The molecule has 0 aliphatic carbocycles. The number of azo groups is 2. The van der Waals surface area contributed by atoms with Crippen LogP contribution in [-0.2, 0) is 20.4 Å². The Kier molecular flexibility index (Phi) is 11.9. The molecule has 4 heterocycles. The first kappa shape index (κ1) is 44.0. The molecular formula is C40H34N12O10S2. The van der Waals surface area contributed by atoms with E-state index in [1.54, 1.807) is 24.3 Å². The van der Waals surface area contributed by atoms with Crippen molar-refractivity contribution in [3.63, 3.8) is 0 Å². The molecule has 24 heteroatoms. The smallest absolute Gasteiger partial charge is 0.335 e. The third-order valence-electron chi connectivity index (χ3n) is 9.05. The minimum Gasteiger partial charge on any atom is -0.478 e. The normalized spacial score (nSPS) is 12.0. The van der Waals surface area contributed by atoms with Gasteiger partial charge in [0.1, 0.15) is 21.5 Å². The van der Waals surface area contributed by atoms with Crippen molar-refractivity contribution in [2.75, 3.05) is 0 Å². The number of aromatic carboxylic acids is 2. The molecule has 0 aliphatic rings. The van der Waals surface area contributed by atoms with Crippen molar-refractivity contribution in [1.82, 2.24) is 40.0 Å². The molecule has 326 valence electrons. The van der Waals surface area contributed by atoms with Crippen LogP contribution in [0.2, 0.25) is 0 Å². The number of H-pyrrole nitrogens is 2. The molecule has 0 saturated heterocycles. The second-order valence-electron chi connectivity index (χ2n) is 15.7. The summed E-state index contributed by atoms with van der Waals surface area (Å²) in [5.74, 6) is -2.76. The number of hydrogen-bond acceptors (Lipinski definition) is 18. The van der Waals surface area contributed by atoms with E-state index in [1.165, 1.54) is 24.3 Å². The van der Waals surface area contributed by atoms with Gasteiger partial charge in [-0.3, -0.25) is 29.4 Å². The molecule has 0 atom stereocenters. The predicted molar refractivity (Wildman–Crippen MR) is 230 cm³/mol. The zero-order chi connectivity index (χ0) is 46.1. The molecule has 0 fully saturated rings. The van der Waals surface area contributed by atoms with Crippen LogP contribution >= 0.6 is 22.7 Å². The number of benzene rings is 3. The van der Waals surface area contributed by atoms with Crippen molar-refractivity contribution in [3.8, 4) is 44.0 Å². The average Bonchev–Trinajstić information content (AvgIpc) is 4.05. The molecule has 64 heavy (non-hydrogen) atoms. The summed E-state index contributed by atoms with van der Waals surface area (Å²) in [5, 5.41) is 60.1. The van der Waals surface area contributed by atoms with Crippen LogP contribution in [0.25, 0.3) is 32.5 Å². The van der Waals surface area contributed by atoms with E-state index in [-0.39, 0.29) is 68.6 Å². The van der Waals surface area contributed by atoms with Crippen LogP contribution in [0, 0.1) is 0 Å². The molecule has 4 aromatic heterocycles. The van der Waals surface area contributed by atoms with Gasteiger partial charge in [0.2, 0.25) is 0 Å². The Labute approximate surface area is 367 Å². The summed E-state index contributed by atoms with van der Waals surface area (Å²) in [4.78, 5) is 73.0. The molecule has 4 N–H and O–H groups in total. The zero-order valence-corrected chi connectivity index (χ0v) is 36.0. The molecule has 22 nitrogen and oxygen atoms in total. The molecule has 7 rings (SSSR count). The minimum atomic E-state index is -1.30. The first-order chi connectivity index (χ1) is 30.3. The highest BCUT2D eigenvalue weighted by Gasteiger charge is 2.28. The fourth-order valence-corrected chi connectivity index (χ4v) is 7.41. The summed E-state index contributed by atoms with van der Waals surface area (Å²) in [6.07, 6.45) is 0. The summed E-state index contributed by atoms with van der Waals surface area (Å²) < 4.78 is 11.9. The van der Waals surface area contributed by atoms with E-state index >= 15 is 0 Å². The number of carboxylic acid groups (broad SMARTS) is 2. The summed E-state index contributed by atoms with van der Waals surface area (Å²) in [6, 6.07) is 14.6. The van der Waals surface area contributed by atoms with Crippen LogP contribution in [0.5, 0.6) is 11.5 Å². The second-order valence-corrected chi connectivity index (χ2v) is 17.6. The van der Waals surface area contributed by atoms with Crippen LogP contribution in [0.3, 0.4) is 0 Å². The number of nitrogens with zero attached hydrogens (tertiary/aromatic N) is 10.